The Morgan fingerprint density at radius 2 is 1.84 bits per heavy atom. The number of nitro benzene ring substituents is 1. The average molecular weight is 621 g/mol. The third kappa shape index (κ3) is 5.61. The van der Waals surface area contributed by atoms with Gasteiger partial charge in [0.1, 0.15) is 17.3 Å². The molecule has 5 aromatic rings. The summed E-state index contributed by atoms with van der Waals surface area (Å²) in [7, 11) is 1.56. The smallest absolute Gasteiger partial charge is 0.273 e. The van der Waals surface area contributed by atoms with Crippen molar-refractivity contribution >= 4 is 34.7 Å². The first kappa shape index (κ1) is 29.5. The number of allylic oxidation sites excluding steroid dienone is 1. The highest BCUT2D eigenvalue weighted by Gasteiger charge is 2.33. The highest BCUT2D eigenvalue weighted by atomic mass is 32.1. The van der Waals surface area contributed by atoms with Crippen molar-refractivity contribution in [2.45, 2.75) is 26.8 Å². The van der Waals surface area contributed by atoms with E-state index in [9.17, 15) is 19.7 Å². The van der Waals surface area contributed by atoms with Crippen molar-refractivity contribution in [3.05, 3.63) is 142 Å². The molecular weight excluding hydrogens is 592 g/mol. The van der Waals surface area contributed by atoms with Crippen molar-refractivity contribution in [3.63, 3.8) is 0 Å². The number of fused-ring (bicyclic) bond motifs is 1. The molecule has 6 rings (SSSR count). The van der Waals surface area contributed by atoms with E-state index in [1.165, 1.54) is 22.0 Å². The Hall–Kier alpha value is -5.55. The minimum Gasteiger partial charge on any atom is -0.497 e. The molecule has 0 aliphatic carbocycles. The average Bonchev–Trinajstić information content (AvgIpc) is 3.62. The van der Waals surface area contributed by atoms with Gasteiger partial charge in [0.15, 0.2) is 4.80 Å². The first-order chi connectivity index (χ1) is 21.6. The summed E-state index contributed by atoms with van der Waals surface area (Å²) >= 11 is 1.18. The van der Waals surface area contributed by atoms with E-state index in [1.54, 1.807) is 63.4 Å². The fourth-order valence-corrected chi connectivity index (χ4v) is 6.37. The summed E-state index contributed by atoms with van der Waals surface area (Å²) in [6, 6.07) is 22.3. The van der Waals surface area contributed by atoms with Gasteiger partial charge in [-0.05, 0) is 74.4 Å². The fraction of sp³-hybridized carbons (Fsp3) is 0.147. The van der Waals surface area contributed by atoms with E-state index >= 15 is 0 Å². The van der Waals surface area contributed by atoms with Crippen LogP contribution in [0.2, 0.25) is 0 Å². The number of benzene rings is 3. The molecule has 1 aliphatic rings. The number of nitrogens with zero attached hydrogens (tertiary/aromatic N) is 3. The third-order valence-electron chi connectivity index (χ3n) is 7.73. The van der Waals surface area contributed by atoms with Gasteiger partial charge in [-0.1, -0.05) is 41.7 Å². The molecule has 0 unspecified atom stereocenters. The van der Waals surface area contributed by atoms with Gasteiger partial charge < -0.3 is 14.5 Å². The molecule has 0 saturated carbocycles. The molecule has 3 aromatic carbocycles. The molecule has 0 spiro atoms. The second kappa shape index (κ2) is 11.9. The molecule has 10 nitrogen and oxygen atoms in total. The number of carbonyl (C=O) groups excluding carboxylic acids is 1. The standard InChI is InChI=1S/C34H28N4O6S/c1-19-15-23(17-27(20(19)2)38(41)42)28-14-13-26(44-28)18-29-33(40)37-31(22-9-8-12-25(16-22)43-4)30(21(3)35-34(37)45-29)32(39)36-24-10-6-5-7-11-24/h5-18,31H,1-4H3,(H,36,39)/b29-18-/t31-/m0/s1. The molecular formula is C34H28N4O6S. The molecule has 1 aliphatic heterocycles. The van der Waals surface area contributed by atoms with Crippen LogP contribution in [0.15, 0.2) is 104 Å². The van der Waals surface area contributed by atoms with E-state index in [0.29, 0.717) is 60.3 Å². The SMILES string of the molecule is COc1cccc([C@H]2C(C(=O)Nc3ccccc3)=C(C)N=c3s/c(=C\c4ccc(-c5cc(C)c(C)c([N+](=O)[O-])c5)o4)c(=O)n32)c1. The quantitative estimate of drug-likeness (QED) is 0.185. The summed E-state index contributed by atoms with van der Waals surface area (Å²) in [5.74, 6) is 1.04. The number of aromatic nitrogens is 1. The minimum atomic E-state index is -0.773. The highest BCUT2D eigenvalue weighted by molar-refractivity contribution is 7.07. The molecule has 0 bridgehead atoms. The predicted molar refractivity (Wildman–Crippen MR) is 172 cm³/mol. The van der Waals surface area contributed by atoms with Gasteiger partial charge in [-0.25, -0.2) is 4.99 Å². The van der Waals surface area contributed by atoms with Gasteiger partial charge in [0.25, 0.3) is 17.2 Å². The topological polar surface area (TPSA) is 129 Å². The Morgan fingerprint density at radius 1 is 1.07 bits per heavy atom. The maximum absolute atomic E-state index is 14.0. The van der Waals surface area contributed by atoms with Crippen LogP contribution in [0.4, 0.5) is 11.4 Å². The Labute approximate surface area is 261 Å². The van der Waals surface area contributed by atoms with Crippen molar-refractivity contribution in [2.75, 3.05) is 12.4 Å². The molecule has 0 saturated heterocycles. The number of ether oxygens (including phenoxy) is 1. The number of methoxy groups -OCH3 is 1. The lowest BCUT2D eigenvalue weighted by atomic mass is 9.95. The third-order valence-corrected chi connectivity index (χ3v) is 8.71. The van der Waals surface area contributed by atoms with Crippen LogP contribution in [-0.2, 0) is 4.79 Å². The number of para-hydroxylation sites is 1. The van der Waals surface area contributed by atoms with Gasteiger partial charge in [0.2, 0.25) is 0 Å². The lowest BCUT2D eigenvalue weighted by Crippen LogP contribution is -2.40. The summed E-state index contributed by atoms with van der Waals surface area (Å²) in [6.45, 7) is 5.28. The second-order valence-corrected chi connectivity index (χ2v) is 11.6. The number of amides is 1. The van der Waals surface area contributed by atoms with E-state index < -0.39 is 11.0 Å². The highest BCUT2D eigenvalue weighted by Crippen LogP contribution is 2.33. The maximum Gasteiger partial charge on any atom is 0.273 e. The number of nitro groups is 1. The fourth-order valence-electron chi connectivity index (χ4n) is 5.35. The molecule has 1 N–H and O–H groups in total. The summed E-state index contributed by atoms with van der Waals surface area (Å²) in [5.41, 5.74) is 3.72. The van der Waals surface area contributed by atoms with Crippen molar-refractivity contribution in [2.24, 2.45) is 4.99 Å². The normalized spacial score (nSPS) is 14.6. The molecule has 45 heavy (non-hydrogen) atoms. The van der Waals surface area contributed by atoms with E-state index in [-0.39, 0.29) is 17.2 Å². The van der Waals surface area contributed by atoms with Crippen molar-refractivity contribution in [1.29, 1.82) is 0 Å². The first-order valence-electron chi connectivity index (χ1n) is 14.0. The monoisotopic (exact) mass is 620 g/mol. The van der Waals surface area contributed by atoms with E-state index in [4.69, 9.17) is 9.15 Å². The van der Waals surface area contributed by atoms with Crippen LogP contribution in [0.1, 0.15) is 35.4 Å². The second-order valence-electron chi connectivity index (χ2n) is 10.6. The van der Waals surface area contributed by atoms with Gasteiger partial charge in [0.05, 0.1) is 33.9 Å². The Kier molecular flexibility index (Phi) is 7.78. The lowest BCUT2D eigenvalue weighted by Gasteiger charge is -2.25. The number of aryl methyl sites for hydroxylation is 1. The van der Waals surface area contributed by atoms with E-state index in [0.717, 1.165) is 5.56 Å². The van der Waals surface area contributed by atoms with Crippen LogP contribution in [0.25, 0.3) is 17.4 Å². The molecule has 3 heterocycles. The van der Waals surface area contributed by atoms with E-state index in [2.05, 4.69) is 10.3 Å². The number of nitrogens with one attached hydrogen (secondary N) is 1. The summed E-state index contributed by atoms with van der Waals surface area (Å²) in [4.78, 5) is 44.1. The maximum atomic E-state index is 14.0. The molecule has 2 aromatic heterocycles. The Bertz CT molecular complexity index is 2190. The zero-order chi connectivity index (χ0) is 31.8. The van der Waals surface area contributed by atoms with Crippen LogP contribution in [0.3, 0.4) is 0 Å². The van der Waals surface area contributed by atoms with Crippen LogP contribution in [0, 0.1) is 24.0 Å². The van der Waals surface area contributed by atoms with Crippen molar-refractivity contribution in [3.8, 4) is 17.1 Å². The number of anilines is 1. The number of carbonyl (C=O) groups is 1. The number of hydrogen-bond donors (Lipinski definition) is 1. The van der Waals surface area contributed by atoms with Crippen LogP contribution in [0.5, 0.6) is 5.75 Å². The summed E-state index contributed by atoms with van der Waals surface area (Å²) in [6.07, 6.45) is 1.62. The zero-order valence-electron chi connectivity index (χ0n) is 24.9. The molecule has 1 atom stereocenters. The van der Waals surface area contributed by atoms with Gasteiger partial charge in [-0.3, -0.25) is 24.3 Å². The summed E-state index contributed by atoms with van der Waals surface area (Å²) in [5, 5.41) is 14.5. The minimum absolute atomic E-state index is 0.0104. The molecule has 1 amide bonds. The first-order valence-corrected chi connectivity index (χ1v) is 14.8. The molecule has 0 fully saturated rings. The van der Waals surface area contributed by atoms with Crippen LogP contribution < -0.4 is 24.9 Å². The molecule has 0 radical (unpaired) electrons. The van der Waals surface area contributed by atoms with Crippen molar-refractivity contribution < 1.29 is 18.9 Å². The molecule has 226 valence electrons. The number of furan rings is 1. The lowest BCUT2D eigenvalue weighted by molar-refractivity contribution is -0.385. The zero-order valence-corrected chi connectivity index (χ0v) is 25.7. The van der Waals surface area contributed by atoms with E-state index in [1.807, 2.05) is 43.3 Å². The Balaban J connectivity index is 1.45. The van der Waals surface area contributed by atoms with Crippen LogP contribution in [-0.4, -0.2) is 22.5 Å². The summed E-state index contributed by atoms with van der Waals surface area (Å²) < 4.78 is 13.4. The van der Waals surface area contributed by atoms with Crippen molar-refractivity contribution in [1.82, 2.24) is 4.57 Å². The molecule has 11 heteroatoms. The van der Waals surface area contributed by atoms with Gasteiger partial charge in [-0.15, -0.1) is 0 Å². The number of rotatable bonds is 7. The van der Waals surface area contributed by atoms with Gasteiger partial charge >= 0.3 is 0 Å². The van der Waals surface area contributed by atoms with Crippen LogP contribution >= 0.6 is 11.3 Å². The predicted octanol–water partition coefficient (Wildman–Crippen LogP) is 5.67. The largest absolute Gasteiger partial charge is 0.497 e. The van der Waals surface area contributed by atoms with Gasteiger partial charge in [0, 0.05) is 29.0 Å². The van der Waals surface area contributed by atoms with Gasteiger partial charge in [-0.2, -0.15) is 0 Å². The Morgan fingerprint density at radius 3 is 2.58 bits per heavy atom. The number of hydrogen-bond acceptors (Lipinski definition) is 8. The number of thiazole rings is 1.